The van der Waals surface area contributed by atoms with Crippen LogP contribution in [0.5, 0.6) is 0 Å². The van der Waals surface area contributed by atoms with E-state index in [2.05, 4.69) is 12.1 Å². The first-order valence-corrected chi connectivity index (χ1v) is 10.1. The number of para-hydroxylation sites is 2. The van der Waals surface area contributed by atoms with Crippen LogP contribution in [0.25, 0.3) is 16.3 Å². The number of aromatic nitrogens is 1. The summed E-state index contributed by atoms with van der Waals surface area (Å²) in [5.41, 5.74) is 2.08. The van der Waals surface area contributed by atoms with Crippen molar-refractivity contribution in [3.05, 3.63) is 95.0 Å². The van der Waals surface area contributed by atoms with Gasteiger partial charge in [0.15, 0.2) is 5.52 Å². The minimum Gasteiger partial charge on any atom is -0.392 e. The molecule has 2 aromatic carbocycles. The van der Waals surface area contributed by atoms with Crippen molar-refractivity contribution in [2.75, 3.05) is 4.81 Å². The predicted octanol–water partition coefficient (Wildman–Crippen LogP) is 4.78. The van der Waals surface area contributed by atoms with Gasteiger partial charge in [-0.25, -0.2) is 0 Å². The summed E-state index contributed by atoms with van der Waals surface area (Å²) in [5, 5.41) is 2.01. The van der Waals surface area contributed by atoms with Crippen molar-refractivity contribution in [1.82, 2.24) is 0 Å². The van der Waals surface area contributed by atoms with Crippen LogP contribution in [0.15, 0.2) is 94.9 Å². The minimum atomic E-state index is 1.01. The highest BCUT2D eigenvalue weighted by atomic mass is 32.2. The molecule has 0 N–H and O–H groups in total. The monoisotopic (exact) mass is 381 g/mol. The van der Waals surface area contributed by atoms with E-state index in [0.29, 0.717) is 0 Å². The molecule has 2 nitrogen and oxygen atoms in total. The number of fused-ring (bicyclic) bond motifs is 2. The summed E-state index contributed by atoms with van der Waals surface area (Å²) in [6.07, 6.45) is 13.9. The number of anilines is 1. The number of hydrogen-bond acceptors (Lipinski definition) is 3. The lowest BCUT2D eigenvalue weighted by molar-refractivity contribution is -0.487. The van der Waals surface area contributed by atoms with Crippen molar-refractivity contribution in [1.29, 1.82) is 0 Å². The Balaban J connectivity index is 1.38. The Morgan fingerprint density at radius 1 is 0.889 bits per heavy atom. The van der Waals surface area contributed by atoms with E-state index >= 15 is 0 Å². The van der Waals surface area contributed by atoms with Crippen molar-refractivity contribution >= 4 is 61.0 Å². The van der Waals surface area contributed by atoms with Crippen molar-refractivity contribution < 1.29 is 4.48 Å². The van der Waals surface area contributed by atoms with E-state index in [1.807, 2.05) is 78.9 Å². The fourth-order valence-electron chi connectivity index (χ4n) is 2.74. The molecule has 0 saturated heterocycles. The van der Waals surface area contributed by atoms with Crippen LogP contribution in [0.2, 0.25) is 0 Å². The number of benzene rings is 2. The van der Waals surface area contributed by atoms with E-state index in [-0.39, 0.29) is 0 Å². The largest absolute Gasteiger partial charge is 0.588 e. The highest BCUT2D eigenvalue weighted by Gasteiger charge is 2.19. The summed E-state index contributed by atoms with van der Waals surface area (Å²) in [6, 6.07) is 16.2. The number of allylic oxidation sites excluding steroid dienone is 6. The zero-order valence-corrected chi connectivity index (χ0v) is 16.2. The molecule has 2 heterocycles. The molecule has 0 bridgehead atoms. The number of thiazole rings is 1. The van der Waals surface area contributed by atoms with Gasteiger partial charge in [0.05, 0.1) is 5.03 Å². The molecule has 4 radical (unpaired) electrons. The highest BCUT2D eigenvalue weighted by Crippen LogP contribution is 2.44. The molecule has 3 aromatic rings. The van der Waals surface area contributed by atoms with Gasteiger partial charge in [0.2, 0.25) is 13.0 Å². The first-order valence-electron chi connectivity index (χ1n) is 8.46. The predicted molar refractivity (Wildman–Crippen MR) is 119 cm³/mol. The molecule has 6 heteroatoms. The number of nitrogens with zero attached hydrogens (tertiary/aromatic N) is 2. The SMILES string of the molecule is [B]N1C(=CC=CC=CC=Cc2sc3ccccc3[n+]2[B])Sc2ccccc21. The molecule has 1 aliphatic heterocycles. The van der Waals surface area contributed by atoms with Crippen LogP contribution in [-0.2, 0) is 0 Å². The topological polar surface area (TPSA) is 7.12 Å². The van der Waals surface area contributed by atoms with Crippen LogP contribution >= 0.6 is 23.1 Å². The Bertz CT molecular complexity index is 1100. The van der Waals surface area contributed by atoms with E-state index in [1.165, 1.54) is 9.60 Å². The number of thioether (sulfide) groups is 1. The fraction of sp³-hybridized carbons (Fsp3) is 0. The first-order chi connectivity index (χ1) is 13.2. The van der Waals surface area contributed by atoms with Gasteiger partial charge in [0.25, 0.3) is 0 Å². The third-order valence-corrected chi connectivity index (χ3v) is 6.29. The molecule has 1 aliphatic rings. The molecule has 0 saturated carbocycles. The van der Waals surface area contributed by atoms with Crippen LogP contribution < -0.4 is 9.29 Å². The average molecular weight is 381 g/mol. The van der Waals surface area contributed by atoms with Crippen LogP contribution in [0.1, 0.15) is 5.01 Å². The Kier molecular flexibility index (Phi) is 5.37. The van der Waals surface area contributed by atoms with Crippen molar-refractivity contribution in [3.8, 4) is 0 Å². The standard InChI is InChI=1S/C21H15B2N2S2/c22-24-16-10-6-8-12-18(16)26-20(24)14-4-2-1-3-5-15-21-25(23)17-11-7-9-13-19(17)27-21/h1-15H/q+1. The summed E-state index contributed by atoms with van der Waals surface area (Å²) in [7, 11) is 12.3. The molecule has 27 heavy (non-hydrogen) atoms. The van der Waals surface area contributed by atoms with Gasteiger partial charge in [0.1, 0.15) is 4.70 Å². The van der Waals surface area contributed by atoms with Crippen LogP contribution in [0.4, 0.5) is 5.69 Å². The molecule has 0 aliphatic carbocycles. The van der Waals surface area contributed by atoms with E-state index in [4.69, 9.17) is 16.0 Å². The molecule has 0 atom stereocenters. The summed E-state index contributed by atoms with van der Waals surface area (Å²) in [4.78, 5) is 2.90. The maximum atomic E-state index is 6.13. The molecule has 0 spiro atoms. The van der Waals surface area contributed by atoms with Gasteiger partial charge < -0.3 is 4.81 Å². The zero-order valence-electron chi connectivity index (χ0n) is 14.5. The highest BCUT2D eigenvalue weighted by molar-refractivity contribution is 8.03. The van der Waals surface area contributed by atoms with Gasteiger partial charge in [-0.3, -0.25) is 4.48 Å². The van der Waals surface area contributed by atoms with Crippen LogP contribution in [0.3, 0.4) is 0 Å². The van der Waals surface area contributed by atoms with Crippen LogP contribution in [0, 0.1) is 0 Å². The molecular formula is C21H15B2N2S2+. The van der Waals surface area contributed by atoms with Crippen molar-refractivity contribution in [2.45, 2.75) is 4.90 Å². The summed E-state index contributed by atoms with van der Waals surface area (Å²) < 4.78 is 2.90. The van der Waals surface area contributed by atoms with E-state index < -0.39 is 0 Å². The Hall–Kier alpha value is -2.43. The maximum Gasteiger partial charge on any atom is 0.588 e. The van der Waals surface area contributed by atoms with Crippen molar-refractivity contribution in [3.63, 3.8) is 0 Å². The molecule has 0 amide bonds. The first kappa shape index (κ1) is 18.0. The van der Waals surface area contributed by atoms with E-state index in [9.17, 15) is 0 Å². The summed E-state index contributed by atoms with van der Waals surface area (Å²) in [6.45, 7) is 0. The third kappa shape index (κ3) is 3.82. The lowest BCUT2D eigenvalue weighted by atomic mass is 10.2. The molecule has 0 unspecified atom stereocenters. The number of rotatable bonds is 4. The quantitative estimate of drug-likeness (QED) is 0.474. The zero-order chi connectivity index (χ0) is 18.6. The van der Waals surface area contributed by atoms with Gasteiger partial charge >= 0.3 is 7.98 Å². The second-order valence-electron chi connectivity index (χ2n) is 5.85. The van der Waals surface area contributed by atoms with Crippen LogP contribution in [-0.4, -0.2) is 16.0 Å². The van der Waals surface area contributed by atoms with E-state index in [0.717, 1.165) is 21.2 Å². The molecular weight excluding hydrogens is 366 g/mol. The Morgan fingerprint density at radius 2 is 1.63 bits per heavy atom. The molecule has 0 fully saturated rings. The second-order valence-corrected chi connectivity index (χ2v) is 7.98. The third-order valence-electron chi connectivity index (χ3n) is 4.08. The van der Waals surface area contributed by atoms with Gasteiger partial charge in [-0.05, 0) is 24.3 Å². The van der Waals surface area contributed by atoms with E-state index in [1.54, 1.807) is 32.4 Å². The second kappa shape index (κ2) is 8.07. The van der Waals surface area contributed by atoms with Gasteiger partial charge in [-0.1, -0.05) is 77.7 Å². The normalized spacial score (nSPS) is 15.9. The maximum absolute atomic E-state index is 6.13. The Morgan fingerprint density at radius 3 is 2.48 bits per heavy atom. The molecule has 4 rings (SSSR count). The lowest BCUT2D eigenvalue weighted by Crippen LogP contribution is -2.32. The van der Waals surface area contributed by atoms with Gasteiger partial charge in [-0.2, -0.15) is 0 Å². The van der Waals surface area contributed by atoms with Crippen molar-refractivity contribution in [2.24, 2.45) is 0 Å². The summed E-state index contributed by atoms with van der Waals surface area (Å²) in [5.74, 6) is 0. The molecule has 126 valence electrons. The minimum absolute atomic E-state index is 1.01. The summed E-state index contributed by atoms with van der Waals surface area (Å²) >= 11 is 3.34. The van der Waals surface area contributed by atoms with Gasteiger partial charge in [0, 0.05) is 22.7 Å². The Labute approximate surface area is 170 Å². The smallest absolute Gasteiger partial charge is 0.392 e. The van der Waals surface area contributed by atoms with Gasteiger partial charge in [-0.15, -0.1) is 0 Å². The number of hydrogen-bond donors (Lipinski definition) is 0. The average Bonchev–Trinajstić information content (AvgIpc) is 3.19. The fourth-order valence-corrected chi connectivity index (χ4v) is 4.72. The molecule has 1 aromatic heterocycles. The lowest BCUT2D eigenvalue weighted by Gasteiger charge is -2.13.